The van der Waals surface area contributed by atoms with Gasteiger partial charge in [0.05, 0.1) is 22.4 Å². The zero-order valence-electron chi connectivity index (χ0n) is 16.4. The van der Waals surface area contributed by atoms with Crippen LogP contribution in [0, 0.1) is 0 Å². The Bertz CT molecular complexity index is 899. The highest BCUT2D eigenvalue weighted by molar-refractivity contribution is 6.33. The molecule has 1 fully saturated rings. The van der Waals surface area contributed by atoms with Crippen molar-refractivity contribution in [3.8, 4) is 5.75 Å². The Hall–Kier alpha value is -2.05. The van der Waals surface area contributed by atoms with Gasteiger partial charge in [0.1, 0.15) is 11.4 Å². The minimum Gasteiger partial charge on any atom is -0.508 e. The Balaban J connectivity index is 1.91. The molecule has 0 aromatic heterocycles. The van der Waals surface area contributed by atoms with E-state index >= 15 is 0 Å². The number of nitrogens with zero attached hydrogens (tertiary/aromatic N) is 3. The molecule has 154 valence electrons. The van der Waals surface area contributed by atoms with E-state index in [1.54, 1.807) is 19.1 Å². The molecule has 2 N–H and O–H groups in total. The predicted molar refractivity (Wildman–Crippen MR) is 120 cm³/mol. The topological polar surface area (TPSA) is 59.3 Å². The molecule has 1 aliphatic rings. The summed E-state index contributed by atoms with van der Waals surface area (Å²) in [5.74, 6) is 0.131. The highest BCUT2D eigenvalue weighted by Crippen LogP contribution is 2.37. The molecule has 0 saturated carbocycles. The number of anilines is 1. The lowest BCUT2D eigenvalue weighted by Gasteiger charge is -2.45. The number of halogens is 2. The molecular weight excluding hydrogens is 409 g/mol. The first-order chi connectivity index (χ1) is 13.7. The van der Waals surface area contributed by atoms with Crippen LogP contribution < -0.4 is 4.90 Å². The second-order valence-electron chi connectivity index (χ2n) is 7.51. The molecule has 0 aliphatic carbocycles. The van der Waals surface area contributed by atoms with Crippen LogP contribution in [0.25, 0.3) is 0 Å². The number of phenols is 1. The summed E-state index contributed by atoms with van der Waals surface area (Å²) in [7, 11) is 0. The zero-order valence-corrected chi connectivity index (χ0v) is 17.9. The molecule has 5 nitrogen and oxygen atoms in total. The van der Waals surface area contributed by atoms with Crippen molar-refractivity contribution >= 4 is 35.6 Å². The fourth-order valence-electron chi connectivity index (χ4n) is 3.67. The van der Waals surface area contributed by atoms with E-state index in [9.17, 15) is 10.2 Å². The average molecular weight is 434 g/mol. The first-order valence-corrected chi connectivity index (χ1v) is 10.1. The molecule has 29 heavy (non-hydrogen) atoms. The third-order valence-electron chi connectivity index (χ3n) is 5.30. The van der Waals surface area contributed by atoms with Crippen molar-refractivity contribution in [2.75, 3.05) is 31.1 Å². The van der Waals surface area contributed by atoms with Crippen LogP contribution in [0.1, 0.15) is 18.5 Å². The zero-order chi connectivity index (χ0) is 21.2. The fraction of sp³-hybridized carbons (Fsp3) is 0.318. The lowest BCUT2D eigenvalue weighted by Crippen LogP contribution is -2.53. The van der Waals surface area contributed by atoms with E-state index in [1.165, 1.54) is 0 Å². The number of aliphatic hydroxyl groups is 1. The molecule has 2 atom stereocenters. The second kappa shape index (κ2) is 8.76. The summed E-state index contributed by atoms with van der Waals surface area (Å²) in [4.78, 5) is 8.21. The van der Waals surface area contributed by atoms with Gasteiger partial charge in [-0.15, -0.1) is 0 Å². The van der Waals surface area contributed by atoms with Crippen LogP contribution in [0.3, 0.4) is 0 Å². The molecular formula is C22H25Cl2N3O2. The summed E-state index contributed by atoms with van der Waals surface area (Å²) in [5.41, 5.74) is 1.13. The number of phenolic OH excluding ortho intramolecular Hbond substituents is 1. The second-order valence-corrected chi connectivity index (χ2v) is 8.35. The van der Waals surface area contributed by atoms with E-state index in [2.05, 4.69) is 28.1 Å². The molecule has 3 rings (SSSR count). The maximum absolute atomic E-state index is 10.7. The van der Waals surface area contributed by atoms with Crippen molar-refractivity contribution in [3.05, 3.63) is 70.3 Å². The monoisotopic (exact) mass is 433 g/mol. The van der Waals surface area contributed by atoms with Gasteiger partial charge in [0.25, 0.3) is 0 Å². The van der Waals surface area contributed by atoms with E-state index < -0.39 is 5.60 Å². The first kappa shape index (κ1) is 21.7. The molecule has 7 heteroatoms. The molecule has 0 amide bonds. The van der Waals surface area contributed by atoms with Crippen LogP contribution in [-0.4, -0.2) is 53.6 Å². The molecule has 1 heterocycles. The van der Waals surface area contributed by atoms with Crippen molar-refractivity contribution in [1.82, 2.24) is 4.90 Å². The highest BCUT2D eigenvalue weighted by atomic mass is 35.5. The van der Waals surface area contributed by atoms with Gasteiger partial charge in [-0.2, -0.15) is 0 Å². The third kappa shape index (κ3) is 4.93. The number of benzene rings is 2. The minimum atomic E-state index is -1.16. The third-order valence-corrected chi connectivity index (χ3v) is 5.86. The van der Waals surface area contributed by atoms with Crippen molar-refractivity contribution in [2.24, 2.45) is 4.99 Å². The van der Waals surface area contributed by atoms with Gasteiger partial charge in [-0.1, -0.05) is 41.9 Å². The van der Waals surface area contributed by atoms with E-state index in [-0.39, 0.29) is 11.8 Å². The smallest absolute Gasteiger partial charge is 0.117 e. The van der Waals surface area contributed by atoms with Crippen LogP contribution in [0.15, 0.2) is 59.7 Å². The lowest BCUT2D eigenvalue weighted by atomic mass is 9.98. The van der Waals surface area contributed by atoms with Crippen LogP contribution in [0.2, 0.25) is 10.0 Å². The number of hydrogen-bond donors (Lipinski definition) is 2. The number of hydrogen-bond acceptors (Lipinski definition) is 5. The molecule has 0 bridgehead atoms. The molecule has 0 unspecified atom stereocenters. The summed E-state index contributed by atoms with van der Waals surface area (Å²) in [6, 6.07) is 12.7. The van der Waals surface area contributed by atoms with Crippen molar-refractivity contribution in [3.63, 3.8) is 0 Å². The minimum absolute atomic E-state index is 0.0104. The molecule has 0 radical (unpaired) electrons. The van der Waals surface area contributed by atoms with Gasteiger partial charge in [0, 0.05) is 37.3 Å². The Morgan fingerprint density at radius 3 is 2.52 bits per heavy atom. The quantitative estimate of drug-likeness (QED) is 0.656. The largest absolute Gasteiger partial charge is 0.508 e. The van der Waals surface area contributed by atoms with Crippen LogP contribution in [-0.2, 0) is 0 Å². The summed E-state index contributed by atoms with van der Waals surface area (Å²) >= 11 is 12.5. The van der Waals surface area contributed by atoms with Gasteiger partial charge in [-0.3, -0.25) is 9.89 Å². The molecule has 0 spiro atoms. The van der Waals surface area contributed by atoms with Gasteiger partial charge >= 0.3 is 0 Å². The van der Waals surface area contributed by atoms with Gasteiger partial charge < -0.3 is 15.1 Å². The van der Waals surface area contributed by atoms with Crippen molar-refractivity contribution in [2.45, 2.75) is 18.6 Å². The summed E-state index contributed by atoms with van der Waals surface area (Å²) in [6.45, 7) is 11.5. The van der Waals surface area contributed by atoms with Gasteiger partial charge in [0.2, 0.25) is 0 Å². The summed E-state index contributed by atoms with van der Waals surface area (Å²) in [5, 5.41) is 21.6. The maximum Gasteiger partial charge on any atom is 0.117 e. The fourth-order valence-corrected chi connectivity index (χ4v) is 4.08. The van der Waals surface area contributed by atoms with E-state index in [0.717, 1.165) is 17.8 Å². The maximum atomic E-state index is 10.7. The van der Waals surface area contributed by atoms with Crippen molar-refractivity contribution in [1.29, 1.82) is 0 Å². The van der Waals surface area contributed by atoms with Crippen LogP contribution >= 0.6 is 23.2 Å². The molecule has 2 aromatic rings. The Morgan fingerprint density at radius 1 is 1.21 bits per heavy atom. The number of rotatable bonds is 6. The van der Waals surface area contributed by atoms with Gasteiger partial charge in [0.15, 0.2) is 0 Å². The summed E-state index contributed by atoms with van der Waals surface area (Å²) in [6.07, 6.45) is 0. The molecule has 1 saturated heterocycles. The van der Waals surface area contributed by atoms with Crippen LogP contribution in [0.4, 0.5) is 5.69 Å². The standard InChI is InChI=1S/C22H25Cl2N3O2/c1-15(25-3)22(2,29)14-26-10-11-27(20-9-8-18(28)12-19(20)24)21(13-26)16-4-6-17(23)7-5-16/h4-9,12,21,28-29H,1,3,10-11,13-14H2,2H3/t21-,22+/m0/s1. The highest BCUT2D eigenvalue weighted by Gasteiger charge is 2.34. The Kier molecular flexibility index (Phi) is 6.54. The Morgan fingerprint density at radius 2 is 1.90 bits per heavy atom. The summed E-state index contributed by atoms with van der Waals surface area (Å²) < 4.78 is 0. The van der Waals surface area contributed by atoms with E-state index in [1.807, 2.05) is 30.3 Å². The van der Waals surface area contributed by atoms with E-state index in [0.29, 0.717) is 35.4 Å². The van der Waals surface area contributed by atoms with Gasteiger partial charge in [-0.25, -0.2) is 0 Å². The van der Waals surface area contributed by atoms with Crippen LogP contribution in [0.5, 0.6) is 5.75 Å². The predicted octanol–water partition coefficient (Wildman–Crippen LogP) is 4.53. The Labute approximate surface area is 181 Å². The normalized spacial score (nSPS) is 19.6. The molecule has 1 aliphatic heterocycles. The number of aromatic hydroxyl groups is 1. The van der Waals surface area contributed by atoms with Gasteiger partial charge in [-0.05, 0) is 43.5 Å². The number of aliphatic imine (C=N–C) groups is 1. The average Bonchev–Trinajstić information content (AvgIpc) is 2.68. The number of piperazine rings is 1. The van der Waals surface area contributed by atoms with E-state index in [4.69, 9.17) is 23.2 Å². The van der Waals surface area contributed by atoms with Crippen molar-refractivity contribution < 1.29 is 10.2 Å². The molecule has 2 aromatic carbocycles. The first-order valence-electron chi connectivity index (χ1n) is 9.33. The number of β-amino-alcohol motifs (C(OH)–C–C–N with tert-alkyl or cyclic N) is 1. The lowest BCUT2D eigenvalue weighted by molar-refractivity contribution is 0.0436. The SMILES string of the molecule is C=NC(=C)[C@](C)(O)CN1CCN(c2ccc(O)cc2Cl)[C@H](c2ccc(Cl)cc2)C1.